The van der Waals surface area contributed by atoms with Crippen molar-refractivity contribution in [2.75, 3.05) is 6.54 Å². The summed E-state index contributed by atoms with van der Waals surface area (Å²) in [5, 5.41) is 7.97. The molecule has 0 saturated carbocycles. The average Bonchev–Trinajstić information content (AvgIpc) is 3.35. The molecular formula is C20H17N5O. The Morgan fingerprint density at radius 1 is 1.12 bits per heavy atom. The zero-order valence-electron chi connectivity index (χ0n) is 14.1. The minimum atomic E-state index is 0.0377. The predicted molar refractivity (Wildman–Crippen MR) is 98.6 cm³/mol. The van der Waals surface area contributed by atoms with Crippen LogP contribution in [0.4, 0.5) is 0 Å². The number of hydrogen-bond donors (Lipinski definition) is 2. The third-order valence-electron chi connectivity index (χ3n) is 4.97. The SMILES string of the molecule is O=C(c1cccc(-c2ncn[nH]2)c1)N1CCc2c([nH]c3ccccc23)C1. The Labute approximate surface area is 149 Å². The van der Waals surface area contributed by atoms with E-state index in [-0.39, 0.29) is 5.91 Å². The van der Waals surface area contributed by atoms with Gasteiger partial charge < -0.3 is 9.88 Å². The molecule has 26 heavy (non-hydrogen) atoms. The van der Waals surface area contributed by atoms with E-state index in [2.05, 4.69) is 38.4 Å². The second-order valence-corrected chi connectivity index (χ2v) is 6.52. The van der Waals surface area contributed by atoms with Crippen molar-refractivity contribution >= 4 is 16.8 Å². The number of aromatic nitrogens is 4. The highest BCUT2D eigenvalue weighted by molar-refractivity contribution is 5.95. The molecular weight excluding hydrogens is 326 g/mol. The van der Waals surface area contributed by atoms with Crippen LogP contribution in [0.3, 0.4) is 0 Å². The topological polar surface area (TPSA) is 77.7 Å². The van der Waals surface area contributed by atoms with Gasteiger partial charge in [-0.05, 0) is 30.2 Å². The van der Waals surface area contributed by atoms with Crippen molar-refractivity contribution in [1.29, 1.82) is 0 Å². The van der Waals surface area contributed by atoms with E-state index in [0.717, 1.165) is 29.7 Å². The lowest BCUT2D eigenvalue weighted by Crippen LogP contribution is -2.35. The van der Waals surface area contributed by atoms with Crippen molar-refractivity contribution < 1.29 is 4.79 Å². The lowest BCUT2D eigenvalue weighted by atomic mass is 10.0. The smallest absolute Gasteiger partial charge is 0.254 e. The van der Waals surface area contributed by atoms with Crippen LogP contribution >= 0.6 is 0 Å². The number of hydrogen-bond acceptors (Lipinski definition) is 3. The normalized spacial score (nSPS) is 13.8. The molecule has 0 bridgehead atoms. The Morgan fingerprint density at radius 3 is 2.92 bits per heavy atom. The number of para-hydroxylation sites is 1. The molecule has 1 aliphatic rings. The number of benzene rings is 2. The van der Waals surface area contributed by atoms with E-state index in [1.54, 1.807) is 0 Å². The fourth-order valence-electron chi connectivity index (χ4n) is 3.69. The van der Waals surface area contributed by atoms with Gasteiger partial charge in [0.05, 0.1) is 6.54 Å². The first-order valence-corrected chi connectivity index (χ1v) is 8.63. The van der Waals surface area contributed by atoms with E-state index in [0.29, 0.717) is 17.9 Å². The van der Waals surface area contributed by atoms with Crippen molar-refractivity contribution in [3.8, 4) is 11.4 Å². The molecule has 2 aromatic carbocycles. The van der Waals surface area contributed by atoms with Crippen LogP contribution in [0, 0.1) is 0 Å². The Balaban J connectivity index is 1.44. The van der Waals surface area contributed by atoms with Gasteiger partial charge in [0.15, 0.2) is 5.82 Å². The summed E-state index contributed by atoms with van der Waals surface area (Å²) in [4.78, 5) is 22.5. The van der Waals surface area contributed by atoms with Crippen LogP contribution in [0.25, 0.3) is 22.3 Å². The molecule has 1 aliphatic heterocycles. The third kappa shape index (κ3) is 2.38. The number of H-pyrrole nitrogens is 2. The lowest BCUT2D eigenvalue weighted by Gasteiger charge is -2.27. The quantitative estimate of drug-likeness (QED) is 0.587. The van der Waals surface area contributed by atoms with Crippen LogP contribution in [0.5, 0.6) is 0 Å². The number of carbonyl (C=O) groups is 1. The molecule has 0 fully saturated rings. The van der Waals surface area contributed by atoms with Crippen LogP contribution in [0.15, 0.2) is 54.9 Å². The number of aromatic amines is 2. The van der Waals surface area contributed by atoms with Crippen molar-refractivity contribution in [3.05, 3.63) is 71.7 Å². The van der Waals surface area contributed by atoms with Gasteiger partial charge in [0, 0.05) is 34.3 Å². The van der Waals surface area contributed by atoms with E-state index >= 15 is 0 Å². The maximum atomic E-state index is 13.0. The van der Waals surface area contributed by atoms with Crippen molar-refractivity contribution in [2.45, 2.75) is 13.0 Å². The highest BCUT2D eigenvalue weighted by atomic mass is 16.2. The minimum absolute atomic E-state index is 0.0377. The van der Waals surface area contributed by atoms with Gasteiger partial charge in [-0.25, -0.2) is 4.98 Å². The van der Waals surface area contributed by atoms with Crippen LogP contribution in [0.1, 0.15) is 21.6 Å². The molecule has 0 unspecified atom stereocenters. The van der Waals surface area contributed by atoms with Crippen molar-refractivity contribution in [3.63, 3.8) is 0 Å². The summed E-state index contributed by atoms with van der Waals surface area (Å²) >= 11 is 0. The van der Waals surface area contributed by atoms with E-state index < -0.39 is 0 Å². The zero-order chi connectivity index (χ0) is 17.5. The molecule has 1 amide bonds. The molecule has 0 aliphatic carbocycles. The molecule has 4 aromatic rings. The van der Waals surface area contributed by atoms with Crippen LogP contribution < -0.4 is 0 Å². The first kappa shape index (κ1) is 14.9. The fraction of sp³-hybridized carbons (Fsp3) is 0.150. The van der Waals surface area contributed by atoms with Gasteiger partial charge in [-0.3, -0.25) is 9.89 Å². The number of fused-ring (bicyclic) bond motifs is 3. The van der Waals surface area contributed by atoms with Crippen LogP contribution in [-0.4, -0.2) is 37.5 Å². The Morgan fingerprint density at radius 2 is 2.04 bits per heavy atom. The molecule has 0 radical (unpaired) electrons. The Bertz CT molecular complexity index is 1100. The molecule has 6 heteroatoms. The zero-order valence-corrected chi connectivity index (χ0v) is 14.1. The third-order valence-corrected chi connectivity index (χ3v) is 4.97. The number of nitrogens with one attached hydrogen (secondary N) is 2. The van der Waals surface area contributed by atoms with E-state index in [1.807, 2.05) is 35.2 Å². The van der Waals surface area contributed by atoms with Gasteiger partial charge in [-0.15, -0.1) is 0 Å². The lowest BCUT2D eigenvalue weighted by molar-refractivity contribution is 0.0733. The fourth-order valence-corrected chi connectivity index (χ4v) is 3.69. The van der Waals surface area contributed by atoms with Gasteiger partial charge in [0.2, 0.25) is 0 Å². The monoisotopic (exact) mass is 343 g/mol. The summed E-state index contributed by atoms with van der Waals surface area (Å²) in [5.41, 5.74) is 5.13. The van der Waals surface area contributed by atoms with Gasteiger partial charge in [-0.2, -0.15) is 5.10 Å². The molecule has 2 N–H and O–H groups in total. The molecule has 0 spiro atoms. The summed E-state index contributed by atoms with van der Waals surface area (Å²) in [6.07, 6.45) is 2.33. The summed E-state index contributed by atoms with van der Waals surface area (Å²) in [7, 11) is 0. The standard InChI is InChI=1S/C20H17N5O/c26-20(14-5-3-4-13(10-14)19-21-12-22-24-19)25-9-8-16-15-6-1-2-7-17(15)23-18(16)11-25/h1-7,10,12,23H,8-9,11H2,(H,21,22,24). The van der Waals surface area contributed by atoms with E-state index in [1.165, 1.54) is 17.3 Å². The molecule has 0 atom stereocenters. The maximum absolute atomic E-state index is 13.0. The molecule has 5 rings (SSSR count). The highest BCUT2D eigenvalue weighted by Crippen LogP contribution is 2.28. The number of amides is 1. The van der Waals surface area contributed by atoms with Crippen molar-refractivity contribution in [2.24, 2.45) is 0 Å². The summed E-state index contributed by atoms with van der Waals surface area (Å²) in [5.74, 6) is 0.701. The predicted octanol–water partition coefficient (Wildman–Crippen LogP) is 3.15. The first-order valence-electron chi connectivity index (χ1n) is 8.63. The average molecular weight is 343 g/mol. The number of nitrogens with zero attached hydrogens (tertiary/aromatic N) is 3. The Kier molecular flexibility index (Phi) is 3.35. The summed E-state index contributed by atoms with van der Waals surface area (Å²) < 4.78 is 0. The highest BCUT2D eigenvalue weighted by Gasteiger charge is 2.24. The van der Waals surface area contributed by atoms with Gasteiger partial charge in [-0.1, -0.05) is 30.3 Å². The van der Waals surface area contributed by atoms with Crippen molar-refractivity contribution in [1.82, 2.24) is 25.1 Å². The second kappa shape index (κ2) is 5.84. The summed E-state index contributed by atoms with van der Waals surface area (Å²) in [6, 6.07) is 15.8. The number of rotatable bonds is 2. The van der Waals surface area contributed by atoms with Gasteiger partial charge in [0.1, 0.15) is 6.33 Å². The Hall–Kier alpha value is -3.41. The molecule has 6 nitrogen and oxygen atoms in total. The van der Waals surface area contributed by atoms with E-state index in [4.69, 9.17) is 0 Å². The molecule has 3 heterocycles. The molecule has 2 aromatic heterocycles. The molecule has 128 valence electrons. The maximum Gasteiger partial charge on any atom is 0.254 e. The van der Waals surface area contributed by atoms with Crippen LogP contribution in [-0.2, 0) is 13.0 Å². The first-order chi connectivity index (χ1) is 12.8. The van der Waals surface area contributed by atoms with Gasteiger partial charge in [0.25, 0.3) is 5.91 Å². The molecule has 0 saturated heterocycles. The van der Waals surface area contributed by atoms with E-state index in [9.17, 15) is 4.79 Å². The number of carbonyl (C=O) groups excluding carboxylic acids is 1. The van der Waals surface area contributed by atoms with Crippen LogP contribution in [0.2, 0.25) is 0 Å². The summed E-state index contributed by atoms with van der Waals surface area (Å²) in [6.45, 7) is 1.33. The second-order valence-electron chi connectivity index (χ2n) is 6.52. The van der Waals surface area contributed by atoms with Gasteiger partial charge >= 0.3 is 0 Å². The largest absolute Gasteiger partial charge is 0.357 e. The minimum Gasteiger partial charge on any atom is -0.357 e.